The Bertz CT molecular complexity index is 451. The first-order chi connectivity index (χ1) is 11.2. The van der Waals surface area contributed by atoms with Crippen LogP contribution in [0, 0.1) is 0 Å². The van der Waals surface area contributed by atoms with Gasteiger partial charge >= 0.3 is 0 Å². The summed E-state index contributed by atoms with van der Waals surface area (Å²) < 4.78 is 0. The van der Waals surface area contributed by atoms with Gasteiger partial charge in [0.05, 0.1) is 6.54 Å². The van der Waals surface area contributed by atoms with Crippen molar-refractivity contribution in [2.75, 3.05) is 52.4 Å². The van der Waals surface area contributed by atoms with Crippen LogP contribution >= 0.6 is 0 Å². The summed E-state index contributed by atoms with van der Waals surface area (Å²) >= 11 is 0. The Morgan fingerprint density at radius 1 is 1.00 bits per heavy atom. The number of carbonyl (C=O) groups excluding carboxylic acids is 1. The lowest BCUT2D eigenvalue weighted by molar-refractivity contribution is -0.132. The molecule has 1 saturated heterocycles. The summed E-state index contributed by atoms with van der Waals surface area (Å²) in [4.78, 5) is 18.9. The Hall–Kier alpha value is -1.39. The van der Waals surface area contributed by atoms with Gasteiger partial charge in [-0.25, -0.2) is 0 Å². The fourth-order valence-electron chi connectivity index (χ4n) is 3.19. The highest BCUT2D eigenvalue weighted by Crippen LogP contribution is 2.07. The molecule has 1 aromatic rings. The second-order valence-corrected chi connectivity index (χ2v) is 6.27. The standard InChI is InChI=1S/C19H31N3O/c1-3-22(4-2)19(23)17-21-15-13-20(14-16-21)12-8-11-18-9-6-5-7-10-18/h5-7,9-10H,3-4,8,11-17H2,1-2H3. The van der Waals surface area contributed by atoms with Gasteiger partial charge in [0, 0.05) is 39.3 Å². The molecule has 128 valence electrons. The van der Waals surface area contributed by atoms with E-state index < -0.39 is 0 Å². The summed E-state index contributed by atoms with van der Waals surface area (Å²) in [6, 6.07) is 10.7. The molecule has 1 aliphatic heterocycles. The smallest absolute Gasteiger partial charge is 0.236 e. The summed E-state index contributed by atoms with van der Waals surface area (Å²) in [6.45, 7) is 11.7. The van der Waals surface area contributed by atoms with Gasteiger partial charge in [0.1, 0.15) is 0 Å². The zero-order chi connectivity index (χ0) is 16.5. The van der Waals surface area contributed by atoms with Crippen molar-refractivity contribution in [3.8, 4) is 0 Å². The number of rotatable bonds is 8. The van der Waals surface area contributed by atoms with Crippen LogP contribution in [0.3, 0.4) is 0 Å². The van der Waals surface area contributed by atoms with Crippen molar-refractivity contribution >= 4 is 5.91 Å². The predicted octanol–water partition coefficient (Wildman–Crippen LogP) is 2.11. The Kier molecular flexibility index (Phi) is 7.56. The molecule has 0 aromatic heterocycles. The van der Waals surface area contributed by atoms with E-state index >= 15 is 0 Å². The molecular weight excluding hydrogens is 286 g/mol. The molecular formula is C19H31N3O. The topological polar surface area (TPSA) is 26.8 Å². The summed E-state index contributed by atoms with van der Waals surface area (Å²) in [7, 11) is 0. The number of aryl methyl sites for hydroxylation is 1. The molecule has 0 spiro atoms. The van der Waals surface area contributed by atoms with E-state index in [1.165, 1.54) is 12.0 Å². The first-order valence-corrected chi connectivity index (χ1v) is 8.99. The van der Waals surface area contributed by atoms with Gasteiger partial charge in [0.25, 0.3) is 0 Å². The molecule has 0 unspecified atom stereocenters. The first kappa shape index (κ1) is 18.0. The van der Waals surface area contributed by atoms with E-state index in [2.05, 4.69) is 40.1 Å². The number of hydrogen-bond donors (Lipinski definition) is 0. The van der Waals surface area contributed by atoms with Crippen molar-refractivity contribution in [3.63, 3.8) is 0 Å². The zero-order valence-corrected chi connectivity index (χ0v) is 14.7. The van der Waals surface area contributed by atoms with Crippen LogP contribution in [0.1, 0.15) is 25.8 Å². The third-order valence-corrected chi connectivity index (χ3v) is 4.72. The van der Waals surface area contributed by atoms with E-state index in [1.54, 1.807) is 0 Å². The summed E-state index contributed by atoms with van der Waals surface area (Å²) in [5.74, 6) is 0.271. The number of benzene rings is 1. The molecule has 4 nitrogen and oxygen atoms in total. The van der Waals surface area contributed by atoms with Crippen molar-refractivity contribution in [3.05, 3.63) is 35.9 Å². The number of amides is 1. The maximum atomic E-state index is 12.2. The van der Waals surface area contributed by atoms with Crippen molar-refractivity contribution in [1.82, 2.24) is 14.7 Å². The van der Waals surface area contributed by atoms with E-state index in [0.717, 1.165) is 52.2 Å². The minimum absolute atomic E-state index is 0.271. The molecule has 23 heavy (non-hydrogen) atoms. The highest BCUT2D eigenvalue weighted by molar-refractivity contribution is 5.78. The van der Waals surface area contributed by atoms with Gasteiger partial charge < -0.3 is 9.80 Å². The first-order valence-electron chi connectivity index (χ1n) is 8.99. The molecule has 0 bridgehead atoms. The van der Waals surface area contributed by atoms with Crippen LogP contribution in [0.4, 0.5) is 0 Å². The molecule has 1 fully saturated rings. The quantitative estimate of drug-likeness (QED) is 0.735. The van der Waals surface area contributed by atoms with Gasteiger partial charge in [-0.05, 0) is 38.8 Å². The summed E-state index contributed by atoms with van der Waals surface area (Å²) in [6.07, 6.45) is 2.36. The molecule has 1 amide bonds. The SMILES string of the molecule is CCN(CC)C(=O)CN1CCN(CCCc2ccccc2)CC1. The number of hydrogen-bond acceptors (Lipinski definition) is 3. The lowest BCUT2D eigenvalue weighted by atomic mass is 10.1. The van der Waals surface area contributed by atoms with Crippen LogP contribution in [0.5, 0.6) is 0 Å². The average molecular weight is 317 g/mol. The summed E-state index contributed by atoms with van der Waals surface area (Å²) in [5.41, 5.74) is 1.43. The molecule has 1 aliphatic rings. The van der Waals surface area contributed by atoms with Crippen LogP contribution < -0.4 is 0 Å². The molecule has 1 aromatic carbocycles. The zero-order valence-electron chi connectivity index (χ0n) is 14.7. The Morgan fingerprint density at radius 3 is 2.22 bits per heavy atom. The lowest BCUT2D eigenvalue weighted by Gasteiger charge is -2.35. The van der Waals surface area contributed by atoms with Gasteiger partial charge in [-0.2, -0.15) is 0 Å². The maximum Gasteiger partial charge on any atom is 0.236 e. The highest BCUT2D eigenvalue weighted by atomic mass is 16.2. The minimum atomic E-state index is 0.271. The van der Waals surface area contributed by atoms with E-state index in [-0.39, 0.29) is 5.91 Å². The molecule has 0 N–H and O–H groups in total. The average Bonchev–Trinajstić information content (AvgIpc) is 2.58. The third-order valence-electron chi connectivity index (χ3n) is 4.72. The molecule has 0 aliphatic carbocycles. The number of piperazine rings is 1. The van der Waals surface area contributed by atoms with Crippen LogP contribution in [-0.2, 0) is 11.2 Å². The molecule has 2 rings (SSSR count). The molecule has 0 saturated carbocycles. The van der Waals surface area contributed by atoms with Crippen molar-refractivity contribution < 1.29 is 4.79 Å². The third kappa shape index (κ3) is 5.96. The van der Waals surface area contributed by atoms with E-state index in [1.807, 2.05) is 18.7 Å². The Balaban J connectivity index is 1.63. The number of nitrogens with zero attached hydrogens (tertiary/aromatic N) is 3. The summed E-state index contributed by atoms with van der Waals surface area (Å²) in [5, 5.41) is 0. The van der Waals surface area contributed by atoms with Crippen LogP contribution in [0.2, 0.25) is 0 Å². The largest absolute Gasteiger partial charge is 0.342 e. The second-order valence-electron chi connectivity index (χ2n) is 6.27. The second kappa shape index (κ2) is 9.68. The number of likely N-dealkylation sites (N-methyl/N-ethyl adjacent to an activating group) is 1. The molecule has 0 radical (unpaired) electrons. The molecule has 1 heterocycles. The minimum Gasteiger partial charge on any atom is -0.342 e. The van der Waals surface area contributed by atoms with Crippen molar-refractivity contribution in [2.24, 2.45) is 0 Å². The van der Waals surface area contributed by atoms with Gasteiger partial charge in [0.15, 0.2) is 0 Å². The van der Waals surface area contributed by atoms with Crippen LogP contribution in [0.25, 0.3) is 0 Å². The van der Waals surface area contributed by atoms with Gasteiger partial charge in [-0.1, -0.05) is 30.3 Å². The van der Waals surface area contributed by atoms with Gasteiger partial charge in [-0.15, -0.1) is 0 Å². The predicted molar refractivity (Wildman–Crippen MR) is 95.6 cm³/mol. The number of carbonyl (C=O) groups is 1. The van der Waals surface area contributed by atoms with Crippen molar-refractivity contribution in [1.29, 1.82) is 0 Å². The fraction of sp³-hybridized carbons (Fsp3) is 0.632. The maximum absolute atomic E-state index is 12.2. The Labute approximate surface area is 141 Å². The molecule has 0 atom stereocenters. The van der Waals surface area contributed by atoms with E-state index in [4.69, 9.17) is 0 Å². The van der Waals surface area contributed by atoms with E-state index in [0.29, 0.717) is 6.54 Å². The van der Waals surface area contributed by atoms with Crippen LogP contribution in [0.15, 0.2) is 30.3 Å². The highest BCUT2D eigenvalue weighted by Gasteiger charge is 2.20. The van der Waals surface area contributed by atoms with Gasteiger partial charge in [-0.3, -0.25) is 9.69 Å². The lowest BCUT2D eigenvalue weighted by Crippen LogP contribution is -2.50. The van der Waals surface area contributed by atoms with Crippen LogP contribution in [-0.4, -0.2) is 73.0 Å². The van der Waals surface area contributed by atoms with Gasteiger partial charge in [0.2, 0.25) is 5.91 Å². The normalized spacial score (nSPS) is 16.4. The fourth-order valence-corrected chi connectivity index (χ4v) is 3.19. The Morgan fingerprint density at radius 2 is 1.61 bits per heavy atom. The molecule has 4 heteroatoms. The van der Waals surface area contributed by atoms with Crippen molar-refractivity contribution in [2.45, 2.75) is 26.7 Å². The van der Waals surface area contributed by atoms with E-state index in [9.17, 15) is 4.79 Å². The monoisotopic (exact) mass is 317 g/mol.